The van der Waals surface area contributed by atoms with Gasteiger partial charge in [0.25, 0.3) is 0 Å². The van der Waals surface area contributed by atoms with Gasteiger partial charge >= 0.3 is 5.97 Å². The summed E-state index contributed by atoms with van der Waals surface area (Å²) in [7, 11) is 0. The molecular formula is C9H15NO2. The van der Waals surface area contributed by atoms with E-state index in [-0.39, 0.29) is 18.1 Å². The highest BCUT2D eigenvalue weighted by molar-refractivity contribution is 5.76. The predicted octanol–water partition coefficient (Wildman–Crippen LogP) is 0.834. The second-order valence-corrected chi connectivity index (χ2v) is 3.64. The SMILES string of the molecule is O=C(OC1CCC1)[C@H]1CCCN1. The Morgan fingerprint density at radius 1 is 1.25 bits per heavy atom. The smallest absolute Gasteiger partial charge is 0.323 e. The summed E-state index contributed by atoms with van der Waals surface area (Å²) >= 11 is 0. The zero-order chi connectivity index (χ0) is 8.39. The number of hydrogen-bond acceptors (Lipinski definition) is 3. The Bertz CT molecular complexity index is 171. The summed E-state index contributed by atoms with van der Waals surface area (Å²) in [5.74, 6) is -0.0304. The third kappa shape index (κ3) is 1.61. The highest BCUT2D eigenvalue weighted by atomic mass is 16.5. The summed E-state index contributed by atoms with van der Waals surface area (Å²) in [5, 5.41) is 3.14. The Kier molecular flexibility index (Phi) is 2.30. The van der Waals surface area contributed by atoms with Crippen molar-refractivity contribution in [2.45, 2.75) is 44.2 Å². The maximum absolute atomic E-state index is 11.4. The lowest BCUT2D eigenvalue weighted by atomic mass is 9.96. The lowest BCUT2D eigenvalue weighted by Gasteiger charge is -2.26. The zero-order valence-corrected chi connectivity index (χ0v) is 7.21. The van der Waals surface area contributed by atoms with Crippen molar-refractivity contribution < 1.29 is 9.53 Å². The van der Waals surface area contributed by atoms with Gasteiger partial charge in [-0.2, -0.15) is 0 Å². The molecular weight excluding hydrogens is 154 g/mol. The van der Waals surface area contributed by atoms with Gasteiger partial charge < -0.3 is 10.1 Å². The first-order valence-electron chi connectivity index (χ1n) is 4.80. The van der Waals surface area contributed by atoms with Crippen LogP contribution in [-0.4, -0.2) is 24.7 Å². The van der Waals surface area contributed by atoms with Crippen LogP contribution in [0, 0.1) is 0 Å². The van der Waals surface area contributed by atoms with E-state index in [4.69, 9.17) is 4.74 Å². The van der Waals surface area contributed by atoms with Crippen LogP contribution in [0.25, 0.3) is 0 Å². The normalized spacial score (nSPS) is 29.8. The molecule has 0 aromatic heterocycles. The molecule has 1 aliphatic carbocycles. The average molecular weight is 169 g/mol. The molecule has 0 radical (unpaired) electrons. The molecule has 1 N–H and O–H groups in total. The van der Waals surface area contributed by atoms with Gasteiger partial charge in [-0.05, 0) is 38.6 Å². The first-order chi connectivity index (χ1) is 5.86. The quantitative estimate of drug-likeness (QED) is 0.622. The van der Waals surface area contributed by atoms with Gasteiger partial charge in [0.2, 0.25) is 0 Å². The van der Waals surface area contributed by atoms with Gasteiger partial charge in [0.15, 0.2) is 0 Å². The van der Waals surface area contributed by atoms with E-state index in [1.165, 1.54) is 6.42 Å². The summed E-state index contributed by atoms with van der Waals surface area (Å²) in [5.41, 5.74) is 0. The van der Waals surface area contributed by atoms with Gasteiger partial charge in [-0.3, -0.25) is 4.79 Å². The molecule has 0 unspecified atom stereocenters. The van der Waals surface area contributed by atoms with Gasteiger partial charge in [-0.25, -0.2) is 0 Å². The fourth-order valence-electron chi connectivity index (χ4n) is 1.62. The Hall–Kier alpha value is -0.570. The molecule has 0 aromatic carbocycles. The third-order valence-electron chi connectivity index (χ3n) is 2.68. The van der Waals surface area contributed by atoms with E-state index in [0.717, 1.165) is 32.2 Å². The van der Waals surface area contributed by atoms with Gasteiger partial charge in [-0.1, -0.05) is 0 Å². The lowest BCUT2D eigenvalue weighted by Crippen LogP contribution is -2.36. The Morgan fingerprint density at radius 3 is 2.58 bits per heavy atom. The topological polar surface area (TPSA) is 38.3 Å². The summed E-state index contributed by atoms with van der Waals surface area (Å²) in [6.07, 6.45) is 5.64. The predicted molar refractivity (Wildman–Crippen MR) is 44.8 cm³/mol. The fourth-order valence-corrected chi connectivity index (χ4v) is 1.62. The van der Waals surface area contributed by atoms with Crippen LogP contribution in [0.5, 0.6) is 0 Å². The van der Waals surface area contributed by atoms with Crippen molar-refractivity contribution in [2.24, 2.45) is 0 Å². The number of carbonyl (C=O) groups is 1. The highest BCUT2D eigenvalue weighted by Gasteiger charge is 2.28. The van der Waals surface area contributed by atoms with Crippen molar-refractivity contribution in [2.75, 3.05) is 6.54 Å². The van der Waals surface area contributed by atoms with E-state index in [2.05, 4.69) is 5.32 Å². The molecule has 68 valence electrons. The molecule has 12 heavy (non-hydrogen) atoms. The van der Waals surface area contributed by atoms with Crippen LogP contribution in [0.3, 0.4) is 0 Å². The molecule has 0 bridgehead atoms. The molecule has 1 aliphatic heterocycles. The molecule has 2 rings (SSSR count). The molecule has 1 heterocycles. The van der Waals surface area contributed by atoms with Gasteiger partial charge in [0.1, 0.15) is 12.1 Å². The first-order valence-corrected chi connectivity index (χ1v) is 4.80. The van der Waals surface area contributed by atoms with Crippen LogP contribution in [0.15, 0.2) is 0 Å². The van der Waals surface area contributed by atoms with Crippen molar-refractivity contribution in [1.82, 2.24) is 5.32 Å². The minimum absolute atomic E-state index is 0.00870. The van der Waals surface area contributed by atoms with Gasteiger partial charge in [0.05, 0.1) is 0 Å². The van der Waals surface area contributed by atoms with E-state index < -0.39 is 0 Å². The highest BCUT2D eigenvalue weighted by Crippen LogP contribution is 2.23. The number of nitrogens with one attached hydrogen (secondary N) is 1. The van der Waals surface area contributed by atoms with Gasteiger partial charge in [-0.15, -0.1) is 0 Å². The number of carbonyl (C=O) groups excluding carboxylic acids is 1. The summed E-state index contributed by atoms with van der Waals surface area (Å²) in [6, 6.07) is -0.00870. The second-order valence-electron chi connectivity index (χ2n) is 3.64. The Morgan fingerprint density at radius 2 is 2.08 bits per heavy atom. The number of esters is 1. The van der Waals surface area contributed by atoms with E-state index in [0.29, 0.717) is 0 Å². The van der Waals surface area contributed by atoms with Crippen LogP contribution < -0.4 is 5.32 Å². The molecule has 2 aliphatic rings. The molecule has 1 atom stereocenters. The maximum atomic E-state index is 11.4. The van der Waals surface area contributed by atoms with E-state index in [1.54, 1.807) is 0 Å². The van der Waals surface area contributed by atoms with E-state index in [1.807, 2.05) is 0 Å². The third-order valence-corrected chi connectivity index (χ3v) is 2.68. The minimum atomic E-state index is -0.0304. The largest absolute Gasteiger partial charge is 0.461 e. The number of hydrogen-bond donors (Lipinski definition) is 1. The lowest BCUT2D eigenvalue weighted by molar-refractivity contribution is -0.155. The second kappa shape index (κ2) is 3.44. The van der Waals surface area contributed by atoms with Crippen LogP contribution in [0.1, 0.15) is 32.1 Å². The van der Waals surface area contributed by atoms with Crippen LogP contribution in [0.2, 0.25) is 0 Å². The summed E-state index contributed by atoms with van der Waals surface area (Å²) in [4.78, 5) is 11.4. The molecule has 2 fully saturated rings. The maximum Gasteiger partial charge on any atom is 0.323 e. The van der Waals surface area contributed by atoms with Crippen molar-refractivity contribution >= 4 is 5.97 Å². The van der Waals surface area contributed by atoms with E-state index >= 15 is 0 Å². The molecule has 3 heteroatoms. The first kappa shape index (κ1) is 8.05. The summed E-state index contributed by atoms with van der Waals surface area (Å²) < 4.78 is 5.27. The molecule has 1 saturated heterocycles. The fraction of sp³-hybridized carbons (Fsp3) is 0.889. The van der Waals surface area contributed by atoms with Crippen LogP contribution in [0.4, 0.5) is 0 Å². The molecule has 0 aromatic rings. The molecule has 0 amide bonds. The zero-order valence-electron chi connectivity index (χ0n) is 7.21. The van der Waals surface area contributed by atoms with Gasteiger partial charge in [0, 0.05) is 0 Å². The number of rotatable bonds is 2. The Balaban J connectivity index is 1.74. The molecule has 3 nitrogen and oxygen atoms in total. The van der Waals surface area contributed by atoms with Crippen LogP contribution >= 0.6 is 0 Å². The standard InChI is InChI=1S/C9H15NO2/c11-9(8-5-2-6-10-8)12-7-3-1-4-7/h7-8,10H,1-6H2/t8-/m1/s1. The van der Waals surface area contributed by atoms with Crippen molar-refractivity contribution in [3.05, 3.63) is 0 Å². The van der Waals surface area contributed by atoms with E-state index in [9.17, 15) is 4.79 Å². The summed E-state index contributed by atoms with van der Waals surface area (Å²) in [6.45, 7) is 0.963. The van der Waals surface area contributed by atoms with Crippen molar-refractivity contribution in [1.29, 1.82) is 0 Å². The molecule has 0 spiro atoms. The monoisotopic (exact) mass is 169 g/mol. The van der Waals surface area contributed by atoms with Crippen molar-refractivity contribution in [3.63, 3.8) is 0 Å². The Labute approximate surface area is 72.5 Å². The number of ether oxygens (including phenoxy) is 1. The average Bonchev–Trinajstić information content (AvgIpc) is 2.47. The molecule has 1 saturated carbocycles. The van der Waals surface area contributed by atoms with Crippen molar-refractivity contribution in [3.8, 4) is 0 Å². The minimum Gasteiger partial charge on any atom is -0.461 e. The van der Waals surface area contributed by atoms with Crippen LogP contribution in [-0.2, 0) is 9.53 Å².